The van der Waals surface area contributed by atoms with Crippen LogP contribution >= 0.6 is 23.1 Å². The molecule has 3 rings (SSSR count). The van der Waals surface area contributed by atoms with Crippen LogP contribution in [-0.2, 0) is 11.2 Å². The number of nitrogens with one attached hydrogen (secondary N) is 1. The zero-order valence-electron chi connectivity index (χ0n) is 15.4. The summed E-state index contributed by atoms with van der Waals surface area (Å²) in [7, 11) is 0. The predicted octanol–water partition coefficient (Wildman–Crippen LogP) is 3.91. The first-order valence-corrected chi connectivity index (χ1v) is 10.2. The molecule has 1 saturated heterocycles. The standard InChI is InChI=1S/C19H25ClN4OS/c1-12(2)13(3)21-18(25)16-5-4-10-24(16)19-22-17(23-26-19)11-14-6-8-15(20)9-7-14/h6-9,12-13,16H,4-5,10-11H2,1-3H3,(H,21,25). The highest BCUT2D eigenvalue weighted by atomic mass is 35.5. The molecule has 2 aromatic rings. The summed E-state index contributed by atoms with van der Waals surface area (Å²) in [6.07, 6.45) is 2.53. The Morgan fingerprint density at radius 3 is 2.77 bits per heavy atom. The summed E-state index contributed by atoms with van der Waals surface area (Å²) < 4.78 is 4.49. The average molecular weight is 393 g/mol. The SMILES string of the molecule is CC(C)C(C)NC(=O)C1CCCN1c1nc(Cc2ccc(Cl)cc2)ns1. The molecule has 2 atom stereocenters. The van der Waals surface area contributed by atoms with E-state index < -0.39 is 0 Å². The van der Waals surface area contributed by atoms with Crippen LogP contribution < -0.4 is 10.2 Å². The lowest BCUT2D eigenvalue weighted by atomic mass is 10.1. The van der Waals surface area contributed by atoms with Crippen molar-refractivity contribution in [2.24, 2.45) is 5.92 Å². The lowest BCUT2D eigenvalue weighted by molar-refractivity contribution is -0.123. The molecule has 1 aromatic heterocycles. The maximum atomic E-state index is 12.7. The van der Waals surface area contributed by atoms with Crippen molar-refractivity contribution in [1.29, 1.82) is 0 Å². The van der Waals surface area contributed by atoms with Gasteiger partial charge in [-0.15, -0.1) is 0 Å². The van der Waals surface area contributed by atoms with Crippen molar-refractivity contribution in [2.75, 3.05) is 11.4 Å². The fourth-order valence-electron chi connectivity index (χ4n) is 2.97. The van der Waals surface area contributed by atoms with Crippen molar-refractivity contribution in [1.82, 2.24) is 14.7 Å². The summed E-state index contributed by atoms with van der Waals surface area (Å²) in [6, 6.07) is 7.75. The number of nitrogens with zero attached hydrogens (tertiary/aromatic N) is 3. The maximum Gasteiger partial charge on any atom is 0.243 e. The number of amides is 1. The quantitative estimate of drug-likeness (QED) is 0.809. The Labute approximate surface area is 163 Å². The number of carbonyl (C=O) groups excluding carboxylic acids is 1. The summed E-state index contributed by atoms with van der Waals surface area (Å²) >= 11 is 7.31. The lowest BCUT2D eigenvalue weighted by Crippen LogP contribution is -2.47. The molecule has 0 saturated carbocycles. The third-order valence-corrected chi connectivity index (χ3v) is 5.95. The molecule has 7 heteroatoms. The van der Waals surface area contributed by atoms with Crippen molar-refractivity contribution in [3.8, 4) is 0 Å². The second-order valence-electron chi connectivity index (χ2n) is 7.19. The van der Waals surface area contributed by atoms with Gasteiger partial charge in [-0.25, -0.2) is 4.98 Å². The van der Waals surface area contributed by atoms with Crippen LogP contribution in [0.25, 0.3) is 0 Å². The first-order chi connectivity index (χ1) is 12.4. The summed E-state index contributed by atoms with van der Waals surface area (Å²) in [5.74, 6) is 1.30. The first kappa shape index (κ1) is 19.1. The monoisotopic (exact) mass is 392 g/mol. The van der Waals surface area contributed by atoms with E-state index in [9.17, 15) is 4.79 Å². The van der Waals surface area contributed by atoms with Crippen LogP contribution in [0.15, 0.2) is 24.3 Å². The van der Waals surface area contributed by atoms with E-state index in [1.807, 2.05) is 24.3 Å². The molecule has 140 valence electrons. The second-order valence-corrected chi connectivity index (χ2v) is 8.36. The molecular weight excluding hydrogens is 368 g/mol. The number of halogens is 1. The number of anilines is 1. The number of carbonyl (C=O) groups is 1. The third-order valence-electron chi connectivity index (χ3n) is 4.90. The summed E-state index contributed by atoms with van der Waals surface area (Å²) in [6.45, 7) is 7.14. The molecule has 0 bridgehead atoms. The van der Waals surface area contributed by atoms with E-state index in [1.165, 1.54) is 11.5 Å². The number of hydrogen-bond donors (Lipinski definition) is 1. The van der Waals surface area contributed by atoms with Gasteiger partial charge in [0, 0.05) is 35.6 Å². The van der Waals surface area contributed by atoms with E-state index in [0.717, 1.165) is 40.9 Å². The fraction of sp³-hybridized carbons (Fsp3) is 0.526. The Kier molecular flexibility index (Phi) is 6.14. The van der Waals surface area contributed by atoms with Crippen LogP contribution in [0, 0.1) is 5.92 Å². The summed E-state index contributed by atoms with van der Waals surface area (Å²) in [5.41, 5.74) is 1.13. The van der Waals surface area contributed by atoms with Gasteiger partial charge in [-0.1, -0.05) is 37.6 Å². The van der Waals surface area contributed by atoms with Crippen LogP contribution in [0.3, 0.4) is 0 Å². The minimum Gasteiger partial charge on any atom is -0.352 e. The fourth-order valence-corrected chi connectivity index (χ4v) is 3.86. The van der Waals surface area contributed by atoms with Gasteiger partial charge in [0.05, 0.1) is 0 Å². The molecule has 2 unspecified atom stereocenters. The van der Waals surface area contributed by atoms with Gasteiger partial charge >= 0.3 is 0 Å². The normalized spacial score (nSPS) is 18.3. The molecule has 1 N–H and O–H groups in total. The summed E-state index contributed by atoms with van der Waals surface area (Å²) in [5, 5.41) is 4.70. The second kappa shape index (κ2) is 8.35. The highest BCUT2D eigenvalue weighted by Crippen LogP contribution is 2.28. The van der Waals surface area contributed by atoms with Gasteiger partial charge in [-0.2, -0.15) is 4.37 Å². The molecule has 1 amide bonds. The number of rotatable bonds is 6. The van der Waals surface area contributed by atoms with E-state index in [0.29, 0.717) is 12.3 Å². The van der Waals surface area contributed by atoms with Gasteiger partial charge in [-0.05, 0) is 43.4 Å². The minimum absolute atomic E-state index is 0.0955. The first-order valence-electron chi connectivity index (χ1n) is 9.08. The zero-order chi connectivity index (χ0) is 18.7. The number of aromatic nitrogens is 2. The largest absolute Gasteiger partial charge is 0.352 e. The molecule has 1 aliphatic rings. The highest BCUT2D eigenvalue weighted by molar-refractivity contribution is 7.09. The van der Waals surface area contributed by atoms with Crippen LogP contribution in [0.1, 0.15) is 45.0 Å². The van der Waals surface area contributed by atoms with Crippen molar-refractivity contribution < 1.29 is 4.79 Å². The van der Waals surface area contributed by atoms with E-state index in [2.05, 4.69) is 40.3 Å². The molecule has 0 spiro atoms. The van der Waals surface area contributed by atoms with E-state index >= 15 is 0 Å². The smallest absolute Gasteiger partial charge is 0.243 e. The highest BCUT2D eigenvalue weighted by Gasteiger charge is 2.33. The minimum atomic E-state index is -0.146. The van der Waals surface area contributed by atoms with Crippen molar-refractivity contribution in [3.63, 3.8) is 0 Å². The molecule has 2 heterocycles. The molecule has 1 fully saturated rings. The van der Waals surface area contributed by atoms with Gasteiger partial charge < -0.3 is 10.2 Å². The van der Waals surface area contributed by atoms with Crippen molar-refractivity contribution in [2.45, 2.75) is 52.1 Å². The molecule has 1 aromatic carbocycles. The van der Waals surface area contributed by atoms with Crippen LogP contribution in [0.2, 0.25) is 5.02 Å². The lowest BCUT2D eigenvalue weighted by Gasteiger charge is -2.25. The molecule has 0 radical (unpaired) electrons. The van der Waals surface area contributed by atoms with Crippen LogP contribution in [-0.4, -0.2) is 33.9 Å². The maximum absolute atomic E-state index is 12.7. The Morgan fingerprint density at radius 1 is 1.35 bits per heavy atom. The number of benzene rings is 1. The molecule has 0 aliphatic carbocycles. The van der Waals surface area contributed by atoms with Gasteiger partial charge in [0.15, 0.2) is 0 Å². The van der Waals surface area contributed by atoms with E-state index in [-0.39, 0.29) is 18.0 Å². The average Bonchev–Trinajstić information content (AvgIpc) is 3.25. The van der Waals surface area contributed by atoms with Crippen molar-refractivity contribution >= 4 is 34.2 Å². The summed E-state index contributed by atoms with van der Waals surface area (Å²) in [4.78, 5) is 19.4. The molecular formula is C19H25ClN4OS. The van der Waals surface area contributed by atoms with Crippen molar-refractivity contribution in [3.05, 3.63) is 40.7 Å². The van der Waals surface area contributed by atoms with Gasteiger partial charge in [0.25, 0.3) is 0 Å². The Morgan fingerprint density at radius 2 is 2.08 bits per heavy atom. The Hall–Kier alpha value is -1.66. The van der Waals surface area contributed by atoms with E-state index in [4.69, 9.17) is 11.6 Å². The Bertz CT molecular complexity index is 746. The predicted molar refractivity (Wildman–Crippen MR) is 107 cm³/mol. The van der Waals surface area contributed by atoms with Gasteiger partial charge in [0.2, 0.25) is 11.0 Å². The third kappa shape index (κ3) is 4.54. The molecule has 5 nitrogen and oxygen atoms in total. The molecule has 26 heavy (non-hydrogen) atoms. The van der Waals surface area contributed by atoms with E-state index in [1.54, 1.807) is 0 Å². The van der Waals surface area contributed by atoms with Crippen LogP contribution in [0.4, 0.5) is 5.13 Å². The zero-order valence-corrected chi connectivity index (χ0v) is 17.0. The number of hydrogen-bond acceptors (Lipinski definition) is 5. The van der Waals surface area contributed by atoms with Crippen LogP contribution in [0.5, 0.6) is 0 Å². The topological polar surface area (TPSA) is 58.1 Å². The Balaban J connectivity index is 1.67. The van der Waals surface area contributed by atoms with Gasteiger partial charge in [0.1, 0.15) is 11.9 Å². The van der Waals surface area contributed by atoms with Gasteiger partial charge in [-0.3, -0.25) is 4.79 Å². The molecule has 1 aliphatic heterocycles.